The summed E-state index contributed by atoms with van der Waals surface area (Å²) in [6.45, 7) is 1.71. The van der Waals surface area contributed by atoms with Crippen LogP contribution in [0.25, 0.3) is 5.69 Å². The van der Waals surface area contributed by atoms with Crippen molar-refractivity contribution in [2.45, 2.75) is 38.6 Å². The lowest BCUT2D eigenvalue weighted by Gasteiger charge is -2.26. The van der Waals surface area contributed by atoms with Gasteiger partial charge in [-0.15, -0.1) is 0 Å². The Bertz CT molecular complexity index is 841. The van der Waals surface area contributed by atoms with E-state index in [-0.39, 0.29) is 29.2 Å². The summed E-state index contributed by atoms with van der Waals surface area (Å²) in [6.07, 6.45) is 3.46. The first-order valence-corrected chi connectivity index (χ1v) is 8.44. The summed E-state index contributed by atoms with van der Waals surface area (Å²) >= 11 is 0. The summed E-state index contributed by atoms with van der Waals surface area (Å²) in [5.41, 5.74) is 1.06. The van der Waals surface area contributed by atoms with Crippen molar-refractivity contribution in [2.75, 3.05) is 0 Å². The molecule has 0 spiro atoms. The molecule has 1 aliphatic rings. The minimum absolute atomic E-state index is 0.117. The Labute approximate surface area is 149 Å². The largest absolute Gasteiger partial charge is 0.504 e. The van der Waals surface area contributed by atoms with Crippen LogP contribution in [0.1, 0.15) is 41.7 Å². The Morgan fingerprint density at radius 3 is 2.58 bits per heavy atom. The standard InChI is InChI=1S/C18H20FN3O4/c1-10-8-12(19)4-7-14(10)22-9-15(23)16(21-22)17(24)20-13-5-2-11(3-6-13)18(25)26/h4,7-9,11,13,23H,2-3,5-6H2,1H3,(H,20,24)(H,25,26). The molecule has 7 nitrogen and oxygen atoms in total. The highest BCUT2D eigenvalue weighted by Crippen LogP contribution is 2.26. The maximum absolute atomic E-state index is 13.2. The number of nitrogens with one attached hydrogen (secondary N) is 1. The van der Waals surface area contributed by atoms with Crippen LogP contribution in [-0.2, 0) is 4.79 Å². The second kappa shape index (κ2) is 7.15. The molecule has 138 valence electrons. The minimum Gasteiger partial charge on any atom is -0.504 e. The topological polar surface area (TPSA) is 104 Å². The fraction of sp³-hybridized carbons (Fsp3) is 0.389. The fourth-order valence-corrected chi connectivity index (χ4v) is 3.26. The van der Waals surface area contributed by atoms with Gasteiger partial charge in [-0.1, -0.05) is 0 Å². The van der Waals surface area contributed by atoms with E-state index in [0.717, 1.165) is 0 Å². The van der Waals surface area contributed by atoms with Crippen molar-refractivity contribution in [3.63, 3.8) is 0 Å². The second-order valence-electron chi connectivity index (χ2n) is 6.60. The first-order chi connectivity index (χ1) is 12.3. The molecule has 1 fully saturated rings. The summed E-state index contributed by atoms with van der Waals surface area (Å²) < 4.78 is 14.6. The predicted octanol–water partition coefficient (Wildman–Crippen LogP) is 2.40. The maximum atomic E-state index is 13.2. The van der Waals surface area contributed by atoms with Crippen LogP contribution in [0.3, 0.4) is 0 Å². The third-order valence-corrected chi connectivity index (χ3v) is 4.73. The zero-order chi connectivity index (χ0) is 18.8. The van der Waals surface area contributed by atoms with Crippen molar-refractivity contribution in [3.05, 3.63) is 41.5 Å². The Morgan fingerprint density at radius 1 is 1.27 bits per heavy atom. The quantitative estimate of drug-likeness (QED) is 0.776. The SMILES string of the molecule is Cc1cc(F)ccc1-n1cc(O)c(C(=O)NC2CCC(C(=O)O)CC2)n1. The van der Waals surface area contributed by atoms with Gasteiger partial charge in [0.25, 0.3) is 5.91 Å². The molecule has 3 rings (SSSR count). The van der Waals surface area contributed by atoms with E-state index in [2.05, 4.69) is 10.4 Å². The molecular formula is C18H20FN3O4. The summed E-state index contributed by atoms with van der Waals surface area (Å²) in [6, 6.07) is 4.00. The lowest BCUT2D eigenvalue weighted by molar-refractivity contribution is -0.142. The average Bonchev–Trinajstić information content (AvgIpc) is 2.97. The molecule has 2 aromatic rings. The number of carboxylic acid groups (broad SMARTS) is 1. The molecule has 0 saturated heterocycles. The van der Waals surface area contributed by atoms with E-state index >= 15 is 0 Å². The third kappa shape index (κ3) is 3.68. The number of halogens is 1. The number of aromatic nitrogens is 2. The maximum Gasteiger partial charge on any atom is 0.306 e. The van der Waals surface area contributed by atoms with Gasteiger partial charge in [-0.05, 0) is 56.4 Å². The first-order valence-electron chi connectivity index (χ1n) is 8.44. The Morgan fingerprint density at radius 2 is 1.96 bits per heavy atom. The number of aryl methyl sites for hydroxylation is 1. The van der Waals surface area contributed by atoms with Crippen molar-refractivity contribution in [1.29, 1.82) is 0 Å². The molecule has 1 amide bonds. The van der Waals surface area contributed by atoms with Crippen LogP contribution >= 0.6 is 0 Å². The second-order valence-corrected chi connectivity index (χ2v) is 6.60. The highest BCUT2D eigenvalue weighted by atomic mass is 19.1. The molecule has 3 N–H and O–H groups in total. The number of hydrogen-bond acceptors (Lipinski definition) is 4. The molecule has 0 bridgehead atoms. The smallest absolute Gasteiger partial charge is 0.306 e. The van der Waals surface area contributed by atoms with Crippen molar-refractivity contribution in [1.82, 2.24) is 15.1 Å². The third-order valence-electron chi connectivity index (χ3n) is 4.73. The van der Waals surface area contributed by atoms with E-state index in [0.29, 0.717) is 36.9 Å². The van der Waals surface area contributed by atoms with E-state index in [1.54, 1.807) is 6.92 Å². The molecule has 0 radical (unpaired) electrons. The molecule has 1 aromatic heterocycles. The van der Waals surface area contributed by atoms with Gasteiger partial charge < -0.3 is 15.5 Å². The number of aromatic hydroxyl groups is 1. The van der Waals surface area contributed by atoms with E-state index < -0.39 is 11.9 Å². The van der Waals surface area contributed by atoms with Crippen LogP contribution in [0.5, 0.6) is 5.75 Å². The van der Waals surface area contributed by atoms with Crippen LogP contribution in [0.2, 0.25) is 0 Å². The first kappa shape index (κ1) is 17.9. The number of aliphatic carboxylic acids is 1. The van der Waals surface area contributed by atoms with Crippen LogP contribution in [0.15, 0.2) is 24.4 Å². The molecular weight excluding hydrogens is 341 g/mol. The molecule has 1 saturated carbocycles. The van der Waals surface area contributed by atoms with Crippen LogP contribution in [-0.4, -0.2) is 37.9 Å². The Hall–Kier alpha value is -2.90. The number of nitrogens with zero attached hydrogens (tertiary/aromatic N) is 2. The molecule has 26 heavy (non-hydrogen) atoms. The van der Waals surface area contributed by atoms with Crippen molar-refractivity contribution < 1.29 is 24.2 Å². The average molecular weight is 361 g/mol. The Balaban J connectivity index is 1.71. The zero-order valence-electron chi connectivity index (χ0n) is 14.3. The number of rotatable bonds is 4. The number of carbonyl (C=O) groups excluding carboxylic acids is 1. The Kier molecular flexibility index (Phi) is 4.92. The molecule has 0 atom stereocenters. The van der Waals surface area contributed by atoms with E-state index in [1.807, 2.05) is 0 Å². The predicted molar refractivity (Wildman–Crippen MR) is 90.8 cm³/mol. The van der Waals surface area contributed by atoms with E-state index in [4.69, 9.17) is 5.11 Å². The highest BCUT2D eigenvalue weighted by Gasteiger charge is 2.28. The molecule has 8 heteroatoms. The van der Waals surface area contributed by atoms with Crippen molar-refractivity contribution >= 4 is 11.9 Å². The van der Waals surface area contributed by atoms with Gasteiger partial charge in [-0.2, -0.15) is 5.10 Å². The molecule has 0 unspecified atom stereocenters. The number of hydrogen-bond donors (Lipinski definition) is 3. The molecule has 0 aliphatic heterocycles. The molecule has 1 heterocycles. The monoisotopic (exact) mass is 361 g/mol. The summed E-state index contributed by atoms with van der Waals surface area (Å²) in [4.78, 5) is 23.4. The highest BCUT2D eigenvalue weighted by molar-refractivity contribution is 5.95. The van der Waals surface area contributed by atoms with Gasteiger partial charge in [0.1, 0.15) is 5.82 Å². The lowest BCUT2D eigenvalue weighted by atomic mass is 9.86. The summed E-state index contributed by atoms with van der Waals surface area (Å²) in [5.74, 6) is -2.33. The zero-order valence-corrected chi connectivity index (χ0v) is 14.3. The van der Waals surface area contributed by atoms with Gasteiger partial charge in [0.15, 0.2) is 11.4 Å². The van der Waals surface area contributed by atoms with Gasteiger partial charge >= 0.3 is 5.97 Å². The number of amides is 1. The van der Waals surface area contributed by atoms with Gasteiger partial charge in [0, 0.05) is 6.04 Å². The normalized spacial score (nSPS) is 19.9. The van der Waals surface area contributed by atoms with Crippen LogP contribution < -0.4 is 5.32 Å². The summed E-state index contributed by atoms with van der Waals surface area (Å²) in [5, 5.41) is 26.0. The van der Waals surface area contributed by atoms with Gasteiger partial charge in [-0.3, -0.25) is 9.59 Å². The lowest BCUT2D eigenvalue weighted by Crippen LogP contribution is -2.39. The molecule has 1 aliphatic carbocycles. The van der Waals surface area contributed by atoms with E-state index in [9.17, 15) is 19.1 Å². The van der Waals surface area contributed by atoms with Gasteiger partial charge in [0.2, 0.25) is 0 Å². The van der Waals surface area contributed by atoms with Crippen LogP contribution in [0.4, 0.5) is 4.39 Å². The van der Waals surface area contributed by atoms with E-state index in [1.165, 1.54) is 29.1 Å². The van der Waals surface area contributed by atoms with Crippen molar-refractivity contribution in [2.24, 2.45) is 5.92 Å². The number of carbonyl (C=O) groups is 2. The minimum atomic E-state index is -0.805. The molecule has 1 aromatic carbocycles. The van der Waals surface area contributed by atoms with Crippen molar-refractivity contribution in [3.8, 4) is 11.4 Å². The van der Waals surface area contributed by atoms with Gasteiger partial charge in [0.05, 0.1) is 17.8 Å². The van der Waals surface area contributed by atoms with Crippen LogP contribution in [0, 0.1) is 18.7 Å². The number of carboxylic acids is 1. The summed E-state index contributed by atoms with van der Waals surface area (Å²) in [7, 11) is 0. The van der Waals surface area contributed by atoms with Gasteiger partial charge in [-0.25, -0.2) is 9.07 Å². The fourth-order valence-electron chi connectivity index (χ4n) is 3.26. The number of benzene rings is 1.